The maximum Gasteiger partial charge on any atom is 0.137 e. The molecule has 0 spiro atoms. The zero-order valence-corrected chi connectivity index (χ0v) is 11.7. The molecule has 0 unspecified atom stereocenters. The Morgan fingerprint density at radius 1 is 1.26 bits per heavy atom. The van der Waals surface area contributed by atoms with E-state index in [1.807, 2.05) is 18.3 Å². The standard InChI is InChI=1S/C15H21N3O/c1-17-7-5-12(6-8-17)9-13-10-18-11-14(19-2)3-4-15(18)16-13/h3-4,10-12H,5-9H2,1-2H3. The number of piperidine rings is 1. The SMILES string of the molecule is COc1ccc2nc(CC3CCN(C)CC3)cn2c1. The molecule has 0 radical (unpaired) electrons. The Balaban J connectivity index is 1.74. The molecular formula is C15H21N3O. The van der Waals surface area contributed by atoms with E-state index in [-0.39, 0.29) is 0 Å². The first-order chi connectivity index (χ1) is 9.24. The summed E-state index contributed by atoms with van der Waals surface area (Å²) in [5.41, 5.74) is 2.20. The van der Waals surface area contributed by atoms with Crippen molar-refractivity contribution >= 4 is 5.65 Å². The van der Waals surface area contributed by atoms with Crippen molar-refractivity contribution in [2.75, 3.05) is 27.2 Å². The second-order valence-corrected chi connectivity index (χ2v) is 5.52. The summed E-state index contributed by atoms with van der Waals surface area (Å²) in [6, 6.07) is 3.97. The number of aromatic nitrogens is 2. The number of likely N-dealkylation sites (tertiary alicyclic amines) is 1. The van der Waals surface area contributed by atoms with Crippen LogP contribution in [-0.2, 0) is 6.42 Å². The van der Waals surface area contributed by atoms with Gasteiger partial charge in [0.15, 0.2) is 0 Å². The van der Waals surface area contributed by atoms with Gasteiger partial charge in [0.25, 0.3) is 0 Å². The Morgan fingerprint density at radius 2 is 2.05 bits per heavy atom. The normalized spacial score (nSPS) is 18.0. The summed E-state index contributed by atoms with van der Waals surface area (Å²) in [5.74, 6) is 1.65. The third-order valence-electron chi connectivity index (χ3n) is 4.05. The molecule has 1 aliphatic rings. The van der Waals surface area contributed by atoms with Crippen LogP contribution in [-0.4, -0.2) is 41.5 Å². The molecular weight excluding hydrogens is 238 g/mol. The molecule has 102 valence electrons. The van der Waals surface area contributed by atoms with Crippen LogP contribution in [0.4, 0.5) is 0 Å². The summed E-state index contributed by atoms with van der Waals surface area (Å²) in [6.45, 7) is 2.43. The van der Waals surface area contributed by atoms with Crippen LogP contribution in [0.1, 0.15) is 18.5 Å². The van der Waals surface area contributed by atoms with Gasteiger partial charge in [0.05, 0.1) is 19.0 Å². The molecule has 4 heteroatoms. The first-order valence-corrected chi connectivity index (χ1v) is 6.95. The van der Waals surface area contributed by atoms with E-state index in [1.54, 1.807) is 7.11 Å². The zero-order valence-electron chi connectivity index (χ0n) is 11.7. The molecule has 1 saturated heterocycles. The van der Waals surface area contributed by atoms with Crippen LogP contribution in [0.2, 0.25) is 0 Å². The van der Waals surface area contributed by atoms with Crippen molar-refractivity contribution in [3.8, 4) is 5.75 Å². The third kappa shape index (κ3) is 2.73. The monoisotopic (exact) mass is 259 g/mol. The molecule has 2 aromatic heterocycles. The highest BCUT2D eigenvalue weighted by atomic mass is 16.5. The van der Waals surface area contributed by atoms with Gasteiger partial charge in [0.1, 0.15) is 11.4 Å². The van der Waals surface area contributed by atoms with E-state index >= 15 is 0 Å². The number of ether oxygens (including phenoxy) is 1. The van der Waals surface area contributed by atoms with Crippen molar-refractivity contribution in [1.29, 1.82) is 0 Å². The summed E-state index contributed by atoms with van der Waals surface area (Å²) in [5, 5.41) is 0. The van der Waals surface area contributed by atoms with Crippen molar-refractivity contribution in [3.05, 3.63) is 30.2 Å². The molecule has 19 heavy (non-hydrogen) atoms. The average Bonchev–Trinajstić information content (AvgIpc) is 2.82. The van der Waals surface area contributed by atoms with Gasteiger partial charge in [0, 0.05) is 6.20 Å². The predicted molar refractivity (Wildman–Crippen MR) is 75.7 cm³/mol. The van der Waals surface area contributed by atoms with E-state index in [9.17, 15) is 0 Å². The van der Waals surface area contributed by atoms with Gasteiger partial charge in [-0.1, -0.05) is 0 Å². The zero-order chi connectivity index (χ0) is 13.2. The molecule has 0 aliphatic carbocycles. The predicted octanol–water partition coefficient (Wildman–Crippen LogP) is 2.23. The van der Waals surface area contributed by atoms with Gasteiger partial charge in [-0.05, 0) is 57.5 Å². The van der Waals surface area contributed by atoms with Crippen LogP contribution in [0.25, 0.3) is 5.65 Å². The van der Waals surface area contributed by atoms with E-state index in [0.717, 1.165) is 23.7 Å². The number of imidazole rings is 1. The van der Waals surface area contributed by atoms with Crippen LogP contribution in [0.15, 0.2) is 24.5 Å². The third-order valence-corrected chi connectivity index (χ3v) is 4.05. The van der Waals surface area contributed by atoms with Gasteiger partial charge in [-0.3, -0.25) is 0 Å². The largest absolute Gasteiger partial charge is 0.495 e. The van der Waals surface area contributed by atoms with Crippen molar-refractivity contribution in [2.24, 2.45) is 5.92 Å². The van der Waals surface area contributed by atoms with Gasteiger partial charge < -0.3 is 14.0 Å². The minimum atomic E-state index is 0.781. The lowest BCUT2D eigenvalue weighted by molar-refractivity contribution is 0.218. The summed E-state index contributed by atoms with van der Waals surface area (Å²) in [7, 11) is 3.89. The number of methoxy groups -OCH3 is 1. The molecule has 0 atom stereocenters. The fraction of sp³-hybridized carbons (Fsp3) is 0.533. The minimum Gasteiger partial charge on any atom is -0.495 e. The molecule has 0 N–H and O–H groups in total. The molecule has 4 nitrogen and oxygen atoms in total. The molecule has 3 rings (SSSR count). The van der Waals surface area contributed by atoms with E-state index in [1.165, 1.54) is 31.6 Å². The lowest BCUT2D eigenvalue weighted by atomic mass is 9.93. The minimum absolute atomic E-state index is 0.781. The summed E-state index contributed by atoms with van der Waals surface area (Å²) in [4.78, 5) is 7.10. The highest BCUT2D eigenvalue weighted by Crippen LogP contribution is 2.21. The maximum atomic E-state index is 5.24. The smallest absolute Gasteiger partial charge is 0.137 e. The topological polar surface area (TPSA) is 29.8 Å². The van der Waals surface area contributed by atoms with E-state index < -0.39 is 0 Å². The Morgan fingerprint density at radius 3 is 2.79 bits per heavy atom. The summed E-state index contributed by atoms with van der Waals surface area (Å²) in [6.07, 6.45) is 7.79. The molecule has 1 aliphatic heterocycles. The fourth-order valence-corrected chi connectivity index (χ4v) is 2.80. The highest BCUT2D eigenvalue weighted by molar-refractivity contribution is 5.43. The first kappa shape index (κ1) is 12.5. The van der Waals surface area contributed by atoms with E-state index in [0.29, 0.717) is 0 Å². The molecule has 0 bridgehead atoms. The Kier molecular flexibility index (Phi) is 3.42. The van der Waals surface area contributed by atoms with Gasteiger partial charge in [-0.2, -0.15) is 0 Å². The van der Waals surface area contributed by atoms with Crippen LogP contribution in [0.5, 0.6) is 5.75 Å². The quantitative estimate of drug-likeness (QED) is 0.846. The Labute approximate surface area is 114 Å². The van der Waals surface area contributed by atoms with Crippen LogP contribution >= 0.6 is 0 Å². The van der Waals surface area contributed by atoms with Gasteiger partial charge in [0.2, 0.25) is 0 Å². The Bertz CT molecular complexity index is 556. The molecule has 2 aromatic rings. The number of hydrogen-bond donors (Lipinski definition) is 0. The van der Waals surface area contributed by atoms with E-state index in [4.69, 9.17) is 9.72 Å². The van der Waals surface area contributed by atoms with Crippen LogP contribution < -0.4 is 4.74 Å². The molecule has 0 aromatic carbocycles. The molecule has 1 fully saturated rings. The van der Waals surface area contributed by atoms with Crippen molar-refractivity contribution in [1.82, 2.24) is 14.3 Å². The lowest BCUT2D eigenvalue weighted by Gasteiger charge is -2.28. The van der Waals surface area contributed by atoms with Gasteiger partial charge in [-0.15, -0.1) is 0 Å². The molecule has 3 heterocycles. The first-order valence-electron chi connectivity index (χ1n) is 6.95. The van der Waals surface area contributed by atoms with Crippen molar-refractivity contribution < 1.29 is 4.74 Å². The second kappa shape index (κ2) is 5.21. The van der Waals surface area contributed by atoms with E-state index in [2.05, 4.69) is 22.5 Å². The van der Waals surface area contributed by atoms with Gasteiger partial charge in [-0.25, -0.2) is 4.98 Å². The molecule has 0 saturated carbocycles. The second-order valence-electron chi connectivity index (χ2n) is 5.52. The number of pyridine rings is 1. The highest BCUT2D eigenvalue weighted by Gasteiger charge is 2.18. The number of rotatable bonds is 3. The van der Waals surface area contributed by atoms with Crippen LogP contribution in [0.3, 0.4) is 0 Å². The lowest BCUT2D eigenvalue weighted by Crippen LogP contribution is -2.30. The fourth-order valence-electron chi connectivity index (χ4n) is 2.80. The summed E-state index contributed by atoms with van der Waals surface area (Å²) >= 11 is 0. The van der Waals surface area contributed by atoms with Crippen molar-refractivity contribution in [3.63, 3.8) is 0 Å². The number of fused-ring (bicyclic) bond motifs is 1. The summed E-state index contributed by atoms with van der Waals surface area (Å²) < 4.78 is 7.30. The average molecular weight is 259 g/mol. The Hall–Kier alpha value is -1.55. The van der Waals surface area contributed by atoms with Crippen LogP contribution in [0, 0.1) is 5.92 Å². The molecule has 0 amide bonds. The van der Waals surface area contributed by atoms with Gasteiger partial charge >= 0.3 is 0 Å². The number of hydrogen-bond acceptors (Lipinski definition) is 3. The maximum absolute atomic E-state index is 5.24. The number of nitrogens with zero attached hydrogens (tertiary/aromatic N) is 3. The van der Waals surface area contributed by atoms with Crippen molar-refractivity contribution in [2.45, 2.75) is 19.3 Å².